The monoisotopic (exact) mass is 203 g/mol. The zero-order valence-electron chi connectivity index (χ0n) is 8.79. The van der Waals surface area contributed by atoms with Crippen LogP contribution in [0.25, 0.3) is 0 Å². The minimum atomic E-state index is 0.258. The second-order valence-corrected chi connectivity index (χ2v) is 6.40. The Labute approximate surface area is 85.3 Å². The average Bonchev–Trinajstić information content (AvgIpc) is 2.32. The molecule has 0 spiro atoms. The Morgan fingerprint density at radius 2 is 2.23 bits per heavy atom. The van der Waals surface area contributed by atoms with E-state index in [0.29, 0.717) is 10.5 Å². The van der Waals surface area contributed by atoms with Crippen LogP contribution in [0.1, 0.15) is 33.6 Å². The number of nitrogens with two attached hydrogens (primary N) is 1. The Kier molecular flexibility index (Phi) is 3.66. The molecule has 1 aliphatic carbocycles. The van der Waals surface area contributed by atoms with Crippen LogP contribution in [0.2, 0.25) is 0 Å². The molecule has 0 saturated heterocycles. The summed E-state index contributed by atoms with van der Waals surface area (Å²) in [5, 5.41) is 9.81. The summed E-state index contributed by atoms with van der Waals surface area (Å²) in [4.78, 5) is 0. The fourth-order valence-electron chi connectivity index (χ4n) is 1.86. The van der Waals surface area contributed by atoms with E-state index in [-0.39, 0.29) is 18.1 Å². The second-order valence-electron chi connectivity index (χ2n) is 4.72. The lowest BCUT2D eigenvalue weighted by Gasteiger charge is -2.27. The van der Waals surface area contributed by atoms with Gasteiger partial charge < -0.3 is 10.8 Å². The van der Waals surface area contributed by atoms with Gasteiger partial charge in [-0.05, 0) is 18.3 Å². The van der Waals surface area contributed by atoms with Crippen molar-refractivity contribution in [2.45, 2.75) is 50.2 Å². The van der Waals surface area contributed by atoms with E-state index < -0.39 is 0 Å². The molecular formula is C10H21NOS. The Morgan fingerprint density at radius 1 is 1.62 bits per heavy atom. The highest BCUT2D eigenvalue weighted by atomic mass is 32.2. The molecular weight excluding hydrogens is 182 g/mol. The van der Waals surface area contributed by atoms with Crippen molar-refractivity contribution in [2.75, 3.05) is 6.61 Å². The van der Waals surface area contributed by atoms with Gasteiger partial charge >= 0.3 is 0 Å². The number of rotatable bonds is 3. The second kappa shape index (κ2) is 4.20. The molecule has 0 radical (unpaired) electrons. The lowest BCUT2D eigenvalue weighted by molar-refractivity contribution is 0.299. The first-order chi connectivity index (χ1) is 5.97. The molecule has 0 aliphatic heterocycles. The molecule has 3 atom stereocenters. The molecule has 0 amide bonds. The van der Waals surface area contributed by atoms with Crippen LogP contribution in [0.4, 0.5) is 0 Å². The fraction of sp³-hybridized carbons (Fsp3) is 1.00. The summed E-state index contributed by atoms with van der Waals surface area (Å²) in [6.45, 7) is 6.79. The first-order valence-corrected chi connectivity index (χ1v) is 5.93. The van der Waals surface area contributed by atoms with Crippen molar-refractivity contribution in [1.29, 1.82) is 0 Å². The van der Waals surface area contributed by atoms with E-state index >= 15 is 0 Å². The van der Waals surface area contributed by atoms with Crippen LogP contribution in [0.3, 0.4) is 0 Å². The van der Waals surface area contributed by atoms with Gasteiger partial charge in [0.25, 0.3) is 0 Å². The maximum Gasteiger partial charge on any atom is 0.0547 e. The molecule has 1 fully saturated rings. The molecule has 1 aliphatic rings. The first kappa shape index (κ1) is 11.3. The summed E-state index contributed by atoms with van der Waals surface area (Å²) < 4.78 is 0. The minimum absolute atomic E-state index is 0.258. The highest BCUT2D eigenvalue weighted by molar-refractivity contribution is 8.00. The molecule has 0 aromatic heterocycles. The Bertz CT molecular complexity index is 172. The highest BCUT2D eigenvalue weighted by Crippen LogP contribution is 2.42. The maximum atomic E-state index is 8.95. The molecule has 0 aromatic carbocycles. The molecule has 1 rings (SSSR count). The predicted octanol–water partition coefficient (Wildman–Crippen LogP) is 1.62. The van der Waals surface area contributed by atoms with Gasteiger partial charge in [0, 0.05) is 16.5 Å². The van der Waals surface area contributed by atoms with E-state index in [9.17, 15) is 0 Å². The van der Waals surface area contributed by atoms with E-state index in [1.165, 1.54) is 12.8 Å². The van der Waals surface area contributed by atoms with Gasteiger partial charge in [0.1, 0.15) is 0 Å². The summed E-state index contributed by atoms with van der Waals surface area (Å²) in [6, 6.07) is 0.284. The van der Waals surface area contributed by atoms with Crippen LogP contribution < -0.4 is 5.73 Å². The molecule has 0 aromatic rings. The lowest BCUT2D eigenvalue weighted by Crippen LogP contribution is -2.39. The standard InChI is InChI=1S/C10H21NOS/c1-7(6-12)13-8-4-5-10(2,3)9(8)11/h7-9,12H,4-6,11H2,1-3H3. The molecule has 13 heavy (non-hydrogen) atoms. The summed E-state index contributed by atoms with van der Waals surface area (Å²) in [5.41, 5.74) is 6.44. The van der Waals surface area contributed by atoms with Crippen molar-refractivity contribution in [3.8, 4) is 0 Å². The van der Waals surface area contributed by atoms with Crippen molar-refractivity contribution in [3.63, 3.8) is 0 Å². The minimum Gasteiger partial charge on any atom is -0.395 e. The van der Waals surface area contributed by atoms with Crippen LogP contribution >= 0.6 is 11.8 Å². The molecule has 2 nitrogen and oxygen atoms in total. The summed E-state index contributed by atoms with van der Waals surface area (Å²) >= 11 is 1.84. The van der Waals surface area contributed by atoms with Crippen molar-refractivity contribution in [3.05, 3.63) is 0 Å². The number of hydrogen-bond acceptors (Lipinski definition) is 3. The van der Waals surface area contributed by atoms with Crippen LogP contribution in [0.5, 0.6) is 0 Å². The maximum absolute atomic E-state index is 8.95. The van der Waals surface area contributed by atoms with Gasteiger partial charge in [-0.3, -0.25) is 0 Å². The Morgan fingerprint density at radius 3 is 2.62 bits per heavy atom. The lowest BCUT2D eigenvalue weighted by atomic mass is 9.88. The summed E-state index contributed by atoms with van der Waals surface area (Å²) in [6.07, 6.45) is 2.41. The van der Waals surface area contributed by atoms with Gasteiger partial charge in [0.05, 0.1) is 6.61 Å². The first-order valence-electron chi connectivity index (χ1n) is 4.99. The Balaban J connectivity index is 2.46. The summed E-state index contributed by atoms with van der Waals surface area (Å²) in [7, 11) is 0. The van der Waals surface area contributed by atoms with Crippen molar-refractivity contribution >= 4 is 11.8 Å². The number of aliphatic hydroxyl groups excluding tert-OH is 1. The molecule has 3 N–H and O–H groups in total. The van der Waals surface area contributed by atoms with Crippen LogP contribution in [-0.4, -0.2) is 28.3 Å². The molecule has 0 heterocycles. The molecule has 1 saturated carbocycles. The number of hydrogen-bond donors (Lipinski definition) is 2. The van der Waals surface area contributed by atoms with Crippen LogP contribution in [-0.2, 0) is 0 Å². The zero-order chi connectivity index (χ0) is 10.1. The zero-order valence-corrected chi connectivity index (χ0v) is 9.60. The third-order valence-electron chi connectivity index (χ3n) is 3.04. The number of thioether (sulfide) groups is 1. The van der Waals surface area contributed by atoms with Gasteiger partial charge in [-0.1, -0.05) is 20.8 Å². The van der Waals surface area contributed by atoms with Gasteiger partial charge in [-0.2, -0.15) is 11.8 Å². The fourth-order valence-corrected chi connectivity index (χ4v) is 3.33. The molecule has 0 bridgehead atoms. The average molecular weight is 203 g/mol. The molecule has 78 valence electrons. The SMILES string of the molecule is CC(CO)SC1CCC(C)(C)C1N. The number of aliphatic hydroxyl groups is 1. The normalized spacial score (nSPS) is 34.8. The van der Waals surface area contributed by atoms with Crippen molar-refractivity contribution in [1.82, 2.24) is 0 Å². The van der Waals surface area contributed by atoms with Gasteiger partial charge in [-0.25, -0.2) is 0 Å². The van der Waals surface area contributed by atoms with E-state index in [1.807, 2.05) is 11.8 Å². The third-order valence-corrected chi connectivity index (χ3v) is 4.53. The topological polar surface area (TPSA) is 46.2 Å². The van der Waals surface area contributed by atoms with Gasteiger partial charge in [-0.15, -0.1) is 0 Å². The van der Waals surface area contributed by atoms with Crippen LogP contribution in [0, 0.1) is 5.41 Å². The Hall–Kier alpha value is 0.270. The van der Waals surface area contributed by atoms with E-state index in [0.717, 1.165) is 0 Å². The van der Waals surface area contributed by atoms with Crippen LogP contribution in [0.15, 0.2) is 0 Å². The third kappa shape index (κ3) is 2.61. The van der Waals surface area contributed by atoms with Crippen molar-refractivity contribution in [2.24, 2.45) is 11.1 Å². The largest absolute Gasteiger partial charge is 0.395 e. The van der Waals surface area contributed by atoms with Crippen molar-refractivity contribution < 1.29 is 5.11 Å². The van der Waals surface area contributed by atoms with Gasteiger partial charge in [0.15, 0.2) is 0 Å². The predicted molar refractivity (Wildman–Crippen MR) is 58.9 cm³/mol. The quantitative estimate of drug-likeness (QED) is 0.732. The van der Waals surface area contributed by atoms with E-state index in [2.05, 4.69) is 20.8 Å². The molecule has 3 unspecified atom stereocenters. The summed E-state index contributed by atoms with van der Waals surface area (Å²) in [5.74, 6) is 0. The van der Waals surface area contributed by atoms with E-state index in [4.69, 9.17) is 10.8 Å². The van der Waals surface area contributed by atoms with E-state index in [1.54, 1.807) is 0 Å². The smallest absolute Gasteiger partial charge is 0.0547 e. The van der Waals surface area contributed by atoms with Gasteiger partial charge in [0.2, 0.25) is 0 Å². The molecule has 3 heteroatoms. The highest BCUT2D eigenvalue weighted by Gasteiger charge is 2.39.